The number of hydrogen-bond donors (Lipinski definition) is 1. The fourth-order valence-corrected chi connectivity index (χ4v) is 3.16. The van der Waals surface area contributed by atoms with E-state index in [9.17, 15) is 14.9 Å². The summed E-state index contributed by atoms with van der Waals surface area (Å²) in [5, 5.41) is 15.9. The van der Waals surface area contributed by atoms with Gasteiger partial charge in [0.1, 0.15) is 5.75 Å². The molecule has 3 aromatic rings. The molecule has 2 heterocycles. The smallest absolute Gasteiger partial charge is 0.411 e. The van der Waals surface area contributed by atoms with E-state index in [2.05, 4.69) is 10.1 Å². The Bertz CT molecular complexity index is 1140. The molecule has 168 valence electrons. The third-order valence-corrected chi connectivity index (χ3v) is 4.64. The van der Waals surface area contributed by atoms with Gasteiger partial charge in [0.05, 0.1) is 36.0 Å². The molecule has 32 heavy (non-hydrogen) atoms. The highest BCUT2D eigenvalue weighted by Gasteiger charge is 2.23. The zero-order valence-corrected chi connectivity index (χ0v) is 17.9. The minimum atomic E-state index is -0.930. The molecule has 1 amide bonds. The van der Waals surface area contributed by atoms with E-state index in [4.69, 9.17) is 19.9 Å². The number of aromatic nitrogens is 3. The third-order valence-electron chi connectivity index (χ3n) is 4.64. The molecule has 0 aliphatic rings. The number of carbonyl (C=O) groups is 1. The van der Waals surface area contributed by atoms with Crippen LogP contribution < -0.4 is 19.9 Å². The molecule has 0 radical (unpaired) electrons. The number of primary amides is 1. The summed E-state index contributed by atoms with van der Waals surface area (Å²) in [6, 6.07) is 8.08. The zero-order valence-electron chi connectivity index (χ0n) is 17.9. The molecular formula is C21H23N5O6. The van der Waals surface area contributed by atoms with E-state index in [1.165, 1.54) is 13.2 Å². The number of nitro benzene ring substituents is 1. The Morgan fingerprint density at radius 2 is 2.06 bits per heavy atom. The molecule has 0 saturated carbocycles. The van der Waals surface area contributed by atoms with Crippen LogP contribution in [0.25, 0.3) is 11.3 Å². The average Bonchev–Trinajstić information content (AvgIpc) is 3.18. The molecule has 0 fully saturated rings. The fraction of sp³-hybridized carbons (Fsp3) is 0.286. The van der Waals surface area contributed by atoms with E-state index >= 15 is 0 Å². The summed E-state index contributed by atoms with van der Waals surface area (Å²) < 4.78 is 17.5. The highest BCUT2D eigenvalue weighted by atomic mass is 16.6. The maximum atomic E-state index is 11.6. The van der Waals surface area contributed by atoms with Crippen LogP contribution in [0.15, 0.2) is 36.5 Å². The molecule has 0 bridgehead atoms. The summed E-state index contributed by atoms with van der Waals surface area (Å²) in [4.78, 5) is 26.2. The molecule has 0 atom stereocenters. The van der Waals surface area contributed by atoms with Crippen LogP contribution >= 0.6 is 0 Å². The maximum Gasteiger partial charge on any atom is 0.411 e. The van der Waals surface area contributed by atoms with Gasteiger partial charge in [0, 0.05) is 25.0 Å². The first-order valence-corrected chi connectivity index (χ1v) is 9.71. The van der Waals surface area contributed by atoms with Crippen LogP contribution in [0.1, 0.15) is 17.7 Å². The van der Waals surface area contributed by atoms with Crippen molar-refractivity contribution in [1.29, 1.82) is 0 Å². The summed E-state index contributed by atoms with van der Waals surface area (Å²) >= 11 is 0. The van der Waals surface area contributed by atoms with Crippen molar-refractivity contribution in [3.63, 3.8) is 0 Å². The lowest BCUT2D eigenvalue weighted by Crippen LogP contribution is -2.17. The van der Waals surface area contributed by atoms with E-state index in [-0.39, 0.29) is 23.9 Å². The number of methoxy groups -OCH3 is 1. The number of benzene rings is 1. The molecule has 0 spiro atoms. The largest absolute Gasteiger partial charge is 0.493 e. The molecule has 0 saturated heterocycles. The van der Waals surface area contributed by atoms with Crippen LogP contribution in [-0.4, -0.2) is 39.5 Å². The first-order chi connectivity index (χ1) is 15.3. The van der Waals surface area contributed by atoms with Crippen molar-refractivity contribution in [2.45, 2.75) is 19.8 Å². The van der Waals surface area contributed by atoms with Gasteiger partial charge in [0.2, 0.25) is 11.6 Å². The van der Waals surface area contributed by atoms with Gasteiger partial charge < -0.3 is 19.9 Å². The van der Waals surface area contributed by atoms with Gasteiger partial charge in [-0.1, -0.05) is 6.07 Å². The second kappa shape index (κ2) is 9.77. The number of nitrogens with zero attached hydrogens (tertiary/aromatic N) is 4. The summed E-state index contributed by atoms with van der Waals surface area (Å²) in [6.45, 7) is 2.18. The number of amides is 1. The van der Waals surface area contributed by atoms with E-state index < -0.39 is 11.0 Å². The molecule has 0 aliphatic carbocycles. The lowest BCUT2D eigenvalue weighted by Gasteiger charge is -2.12. The summed E-state index contributed by atoms with van der Waals surface area (Å²) in [6.07, 6.45) is 1.93. The number of aryl methyl sites for hydroxylation is 3. The zero-order chi connectivity index (χ0) is 23.3. The second-order valence-corrected chi connectivity index (χ2v) is 6.94. The fourth-order valence-electron chi connectivity index (χ4n) is 3.16. The van der Waals surface area contributed by atoms with E-state index in [1.54, 1.807) is 42.2 Å². The van der Waals surface area contributed by atoms with Crippen molar-refractivity contribution in [3.8, 4) is 28.6 Å². The number of nitrogens with two attached hydrogens (primary N) is 1. The SMILES string of the molecule is COc1c(-c2ccn(C)n2)cc(OCCCc2nc(OC(N)=O)ccc2C)cc1[N+](=O)[O-]. The van der Waals surface area contributed by atoms with Crippen LogP contribution in [0, 0.1) is 17.0 Å². The maximum absolute atomic E-state index is 11.6. The van der Waals surface area contributed by atoms with Crippen molar-refractivity contribution < 1.29 is 23.9 Å². The Morgan fingerprint density at radius 1 is 1.28 bits per heavy atom. The van der Waals surface area contributed by atoms with Gasteiger partial charge in [-0.25, -0.2) is 9.78 Å². The molecule has 0 aliphatic heterocycles. The lowest BCUT2D eigenvalue weighted by atomic mass is 10.1. The second-order valence-electron chi connectivity index (χ2n) is 6.94. The van der Waals surface area contributed by atoms with Gasteiger partial charge in [-0.05, 0) is 37.5 Å². The highest BCUT2D eigenvalue weighted by Crippen LogP contribution is 2.40. The first-order valence-electron chi connectivity index (χ1n) is 9.71. The minimum Gasteiger partial charge on any atom is -0.493 e. The normalized spacial score (nSPS) is 10.6. The Labute approximate surface area is 183 Å². The van der Waals surface area contributed by atoms with E-state index in [1.807, 2.05) is 6.92 Å². The molecule has 11 nitrogen and oxygen atoms in total. The van der Waals surface area contributed by atoms with Crippen molar-refractivity contribution in [1.82, 2.24) is 14.8 Å². The molecule has 2 N–H and O–H groups in total. The van der Waals surface area contributed by atoms with Crippen molar-refractivity contribution in [3.05, 3.63) is 57.9 Å². The van der Waals surface area contributed by atoms with Crippen LogP contribution in [0.3, 0.4) is 0 Å². The van der Waals surface area contributed by atoms with Crippen LogP contribution in [0.4, 0.5) is 10.5 Å². The molecular weight excluding hydrogens is 418 g/mol. The minimum absolute atomic E-state index is 0.118. The highest BCUT2D eigenvalue weighted by molar-refractivity contribution is 5.75. The number of carbonyl (C=O) groups excluding carboxylic acids is 1. The van der Waals surface area contributed by atoms with Gasteiger partial charge in [0.15, 0.2) is 0 Å². The summed E-state index contributed by atoms with van der Waals surface area (Å²) in [5.74, 6) is 0.575. The predicted molar refractivity (Wildman–Crippen MR) is 115 cm³/mol. The quantitative estimate of drug-likeness (QED) is 0.303. The molecule has 3 rings (SSSR count). The Morgan fingerprint density at radius 3 is 2.69 bits per heavy atom. The van der Waals surface area contributed by atoms with Gasteiger partial charge in [-0.3, -0.25) is 14.8 Å². The number of pyridine rings is 1. The van der Waals surface area contributed by atoms with Gasteiger partial charge in [-0.2, -0.15) is 5.10 Å². The predicted octanol–water partition coefficient (Wildman–Crippen LogP) is 3.18. The average molecular weight is 441 g/mol. The summed E-state index contributed by atoms with van der Waals surface area (Å²) in [7, 11) is 3.13. The number of nitro groups is 1. The van der Waals surface area contributed by atoms with Crippen LogP contribution in [0.2, 0.25) is 0 Å². The number of hydrogen-bond acceptors (Lipinski definition) is 8. The molecule has 1 aromatic carbocycles. The van der Waals surface area contributed by atoms with E-state index in [0.29, 0.717) is 29.8 Å². The lowest BCUT2D eigenvalue weighted by molar-refractivity contribution is -0.385. The monoisotopic (exact) mass is 441 g/mol. The Balaban J connectivity index is 1.75. The molecule has 0 unspecified atom stereocenters. The van der Waals surface area contributed by atoms with Crippen molar-refractivity contribution in [2.75, 3.05) is 13.7 Å². The number of ether oxygens (including phenoxy) is 3. The topological polar surface area (TPSA) is 145 Å². The summed E-state index contributed by atoms with van der Waals surface area (Å²) in [5.41, 5.74) is 7.48. The van der Waals surface area contributed by atoms with Crippen LogP contribution in [0.5, 0.6) is 17.4 Å². The van der Waals surface area contributed by atoms with Crippen molar-refractivity contribution in [2.24, 2.45) is 12.8 Å². The van der Waals surface area contributed by atoms with Gasteiger partial charge in [0.25, 0.3) is 0 Å². The van der Waals surface area contributed by atoms with Gasteiger partial charge >= 0.3 is 11.8 Å². The number of rotatable bonds is 9. The van der Waals surface area contributed by atoms with Gasteiger partial charge in [-0.15, -0.1) is 0 Å². The van der Waals surface area contributed by atoms with E-state index in [0.717, 1.165) is 11.3 Å². The Kier molecular flexibility index (Phi) is 6.88. The third kappa shape index (κ3) is 5.31. The standard InChI is InChI=1S/C21H23N5O6/c1-13-6-7-19(32-21(22)27)23-16(13)5-4-10-31-14-11-15(17-8-9-25(2)24-17)20(30-3)18(12-14)26(28)29/h6-9,11-12H,4-5,10H2,1-3H3,(H2,22,27). The molecule has 11 heteroatoms. The Hall–Kier alpha value is -4.15. The van der Waals surface area contributed by atoms with Crippen LogP contribution in [-0.2, 0) is 13.5 Å². The molecule has 2 aromatic heterocycles. The first kappa shape index (κ1) is 22.5. The van der Waals surface area contributed by atoms with Crippen molar-refractivity contribution >= 4 is 11.8 Å².